The van der Waals surface area contributed by atoms with Crippen LogP contribution in [0.2, 0.25) is 0 Å². The van der Waals surface area contributed by atoms with E-state index in [1.807, 2.05) is 4.57 Å². The van der Waals surface area contributed by atoms with E-state index in [9.17, 15) is 13.6 Å². The number of halogens is 2. The lowest BCUT2D eigenvalue weighted by Gasteiger charge is -2.08. The summed E-state index contributed by atoms with van der Waals surface area (Å²) in [5.41, 5.74) is -0.209. The Kier molecular flexibility index (Phi) is 3.51. The molecule has 2 N–H and O–H groups in total. The molecule has 0 aliphatic carbocycles. The Morgan fingerprint density at radius 1 is 1.33 bits per heavy atom. The summed E-state index contributed by atoms with van der Waals surface area (Å²) in [6, 6.07) is 2.23. The maximum atomic E-state index is 13.4. The molecule has 0 atom stereocenters. The first kappa shape index (κ1) is 13.5. The Bertz CT molecular complexity index is 685. The van der Waals surface area contributed by atoms with Gasteiger partial charge in [0.2, 0.25) is 0 Å². The van der Waals surface area contributed by atoms with E-state index in [1.165, 1.54) is 0 Å². The number of aryl methyl sites for hydroxylation is 1. The lowest BCUT2D eigenvalue weighted by molar-refractivity contribution is 0.251. The predicted molar refractivity (Wildman–Crippen MR) is 70.6 cm³/mol. The summed E-state index contributed by atoms with van der Waals surface area (Å²) in [5, 5.41) is 12.8. The summed E-state index contributed by atoms with van der Waals surface area (Å²) in [5.74, 6) is 0.234. The van der Waals surface area contributed by atoms with E-state index in [-0.39, 0.29) is 12.2 Å². The quantitative estimate of drug-likeness (QED) is 0.906. The van der Waals surface area contributed by atoms with Crippen LogP contribution < -0.4 is 10.6 Å². The molecular weight excluding hydrogens is 280 g/mol. The highest BCUT2D eigenvalue weighted by molar-refractivity contribution is 5.89. The van der Waals surface area contributed by atoms with Crippen molar-refractivity contribution in [3.05, 3.63) is 41.5 Å². The highest BCUT2D eigenvalue weighted by atomic mass is 19.1. The van der Waals surface area contributed by atoms with Gasteiger partial charge in [-0.1, -0.05) is 0 Å². The molecule has 2 heterocycles. The topological polar surface area (TPSA) is 71.8 Å². The van der Waals surface area contributed by atoms with Crippen LogP contribution in [0.3, 0.4) is 0 Å². The minimum absolute atomic E-state index is 0.176. The molecule has 0 saturated heterocycles. The molecule has 8 heteroatoms. The summed E-state index contributed by atoms with van der Waals surface area (Å²) in [4.78, 5) is 11.7. The maximum absolute atomic E-state index is 13.4. The molecule has 21 heavy (non-hydrogen) atoms. The predicted octanol–water partition coefficient (Wildman–Crippen LogP) is 1.82. The van der Waals surface area contributed by atoms with Gasteiger partial charge in [-0.15, -0.1) is 10.2 Å². The molecule has 0 radical (unpaired) electrons. The average molecular weight is 293 g/mol. The number of fused-ring (bicyclic) bond motifs is 1. The fourth-order valence-electron chi connectivity index (χ4n) is 2.26. The van der Waals surface area contributed by atoms with Crippen LogP contribution in [0.25, 0.3) is 0 Å². The molecule has 1 aliphatic heterocycles. The van der Waals surface area contributed by atoms with Crippen LogP contribution in [0, 0.1) is 11.6 Å². The molecule has 0 spiro atoms. The van der Waals surface area contributed by atoms with Gasteiger partial charge in [0.25, 0.3) is 0 Å². The number of rotatable bonds is 3. The molecular formula is C13H13F2N5O. The van der Waals surface area contributed by atoms with Gasteiger partial charge < -0.3 is 15.2 Å². The molecule has 1 aromatic carbocycles. The third kappa shape index (κ3) is 2.83. The van der Waals surface area contributed by atoms with Gasteiger partial charge in [-0.3, -0.25) is 0 Å². The number of carbonyl (C=O) groups excluding carboxylic acids is 1. The van der Waals surface area contributed by atoms with E-state index >= 15 is 0 Å². The maximum Gasteiger partial charge on any atom is 0.319 e. The van der Waals surface area contributed by atoms with Crippen molar-refractivity contribution in [2.24, 2.45) is 0 Å². The molecule has 3 rings (SSSR count). The number of nitrogens with zero attached hydrogens (tertiary/aromatic N) is 3. The van der Waals surface area contributed by atoms with Gasteiger partial charge >= 0.3 is 6.03 Å². The molecule has 2 aromatic rings. The van der Waals surface area contributed by atoms with Crippen LogP contribution in [0.4, 0.5) is 19.3 Å². The third-order valence-corrected chi connectivity index (χ3v) is 3.27. The van der Waals surface area contributed by atoms with Crippen LogP contribution in [0.15, 0.2) is 18.2 Å². The molecule has 0 unspecified atom stereocenters. The van der Waals surface area contributed by atoms with Gasteiger partial charge in [-0.05, 0) is 18.6 Å². The average Bonchev–Trinajstić information content (AvgIpc) is 3.04. The van der Waals surface area contributed by atoms with Crippen molar-refractivity contribution in [2.45, 2.75) is 25.9 Å². The van der Waals surface area contributed by atoms with Gasteiger partial charge in [0.15, 0.2) is 5.82 Å². The smallest absolute Gasteiger partial charge is 0.319 e. The van der Waals surface area contributed by atoms with Gasteiger partial charge in [0, 0.05) is 19.0 Å². The number of urea groups is 1. The van der Waals surface area contributed by atoms with Crippen molar-refractivity contribution in [1.29, 1.82) is 0 Å². The zero-order valence-corrected chi connectivity index (χ0v) is 11.1. The molecule has 0 saturated carbocycles. The van der Waals surface area contributed by atoms with E-state index in [2.05, 4.69) is 20.8 Å². The Balaban J connectivity index is 1.60. The summed E-state index contributed by atoms with van der Waals surface area (Å²) in [7, 11) is 0. The molecule has 110 valence electrons. The number of anilines is 1. The fourth-order valence-corrected chi connectivity index (χ4v) is 2.26. The second-order valence-electron chi connectivity index (χ2n) is 4.72. The van der Waals surface area contributed by atoms with Crippen LogP contribution >= 0.6 is 0 Å². The Morgan fingerprint density at radius 3 is 3.05 bits per heavy atom. The van der Waals surface area contributed by atoms with E-state index in [0.29, 0.717) is 5.82 Å². The minimum atomic E-state index is -0.699. The molecule has 0 bridgehead atoms. The van der Waals surface area contributed by atoms with Crippen molar-refractivity contribution in [2.75, 3.05) is 5.32 Å². The Labute approximate surface area is 119 Å². The van der Waals surface area contributed by atoms with Crippen LogP contribution in [0.1, 0.15) is 18.1 Å². The Hall–Kier alpha value is -2.51. The van der Waals surface area contributed by atoms with Crippen molar-refractivity contribution in [3.8, 4) is 0 Å². The first-order valence-electron chi connectivity index (χ1n) is 6.54. The van der Waals surface area contributed by atoms with Crippen LogP contribution in [-0.2, 0) is 19.5 Å². The summed E-state index contributed by atoms with van der Waals surface area (Å²) < 4.78 is 28.3. The SMILES string of the molecule is O=C(NCc1nnc2n1CCC2)Nc1cc(F)ccc1F. The standard InChI is InChI=1S/C13H13F2N5O/c14-8-3-4-9(15)10(6-8)17-13(21)16-7-12-19-18-11-2-1-5-20(11)12/h3-4,6H,1-2,5,7H2,(H2,16,17,21). The van der Waals surface area contributed by atoms with Crippen LogP contribution in [0.5, 0.6) is 0 Å². The second kappa shape index (κ2) is 5.47. The zero-order chi connectivity index (χ0) is 14.8. The number of nitrogens with one attached hydrogen (secondary N) is 2. The highest BCUT2D eigenvalue weighted by Crippen LogP contribution is 2.15. The molecule has 1 aliphatic rings. The number of carbonyl (C=O) groups is 1. The number of aromatic nitrogens is 3. The van der Waals surface area contributed by atoms with E-state index in [1.54, 1.807) is 0 Å². The van der Waals surface area contributed by atoms with Crippen molar-refractivity contribution >= 4 is 11.7 Å². The fraction of sp³-hybridized carbons (Fsp3) is 0.308. The number of hydrogen-bond acceptors (Lipinski definition) is 3. The van der Waals surface area contributed by atoms with E-state index < -0.39 is 17.7 Å². The van der Waals surface area contributed by atoms with Crippen LogP contribution in [-0.4, -0.2) is 20.8 Å². The molecule has 2 amide bonds. The second-order valence-corrected chi connectivity index (χ2v) is 4.72. The van der Waals surface area contributed by atoms with Crippen molar-refractivity contribution < 1.29 is 13.6 Å². The molecule has 1 aromatic heterocycles. The normalized spacial score (nSPS) is 13.0. The van der Waals surface area contributed by atoms with E-state index in [0.717, 1.165) is 43.4 Å². The third-order valence-electron chi connectivity index (χ3n) is 3.27. The Morgan fingerprint density at radius 2 is 2.19 bits per heavy atom. The molecule has 0 fully saturated rings. The summed E-state index contributed by atoms with van der Waals surface area (Å²) in [6.45, 7) is 1.01. The van der Waals surface area contributed by atoms with Crippen molar-refractivity contribution in [3.63, 3.8) is 0 Å². The summed E-state index contributed by atoms with van der Waals surface area (Å²) >= 11 is 0. The van der Waals surface area contributed by atoms with Gasteiger partial charge in [-0.25, -0.2) is 13.6 Å². The number of amides is 2. The highest BCUT2D eigenvalue weighted by Gasteiger charge is 2.17. The van der Waals surface area contributed by atoms with Gasteiger partial charge in [0.1, 0.15) is 17.5 Å². The minimum Gasteiger partial charge on any atom is -0.331 e. The molecule has 6 nitrogen and oxygen atoms in total. The first-order valence-corrected chi connectivity index (χ1v) is 6.54. The lowest BCUT2D eigenvalue weighted by Crippen LogP contribution is -2.29. The van der Waals surface area contributed by atoms with E-state index in [4.69, 9.17) is 0 Å². The van der Waals surface area contributed by atoms with Crippen molar-refractivity contribution in [1.82, 2.24) is 20.1 Å². The van der Waals surface area contributed by atoms with Gasteiger partial charge in [-0.2, -0.15) is 0 Å². The number of benzene rings is 1. The van der Waals surface area contributed by atoms with Gasteiger partial charge in [0.05, 0.1) is 12.2 Å². The largest absolute Gasteiger partial charge is 0.331 e. The first-order chi connectivity index (χ1) is 10.1. The lowest BCUT2D eigenvalue weighted by atomic mass is 10.3. The monoisotopic (exact) mass is 293 g/mol. The summed E-state index contributed by atoms with van der Waals surface area (Å²) in [6.07, 6.45) is 1.90. The number of hydrogen-bond donors (Lipinski definition) is 2. The zero-order valence-electron chi connectivity index (χ0n) is 11.1.